The molecule has 0 saturated heterocycles. The first-order valence-corrected chi connectivity index (χ1v) is 5.34. The first-order valence-electron chi connectivity index (χ1n) is 4.96. The zero-order chi connectivity index (χ0) is 11.7. The maximum Gasteiger partial charge on any atom is 0.139 e. The summed E-state index contributed by atoms with van der Waals surface area (Å²) in [6, 6.07) is 5.57. The molecule has 3 nitrogen and oxygen atoms in total. The van der Waals surface area contributed by atoms with Gasteiger partial charge in [0.2, 0.25) is 0 Å². The lowest BCUT2D eigenvalue weighted by atomic mass is 10.0. The van der Waals surface area contributed by atoms with Crippen LogP contribution in [0.1, 0.15) is 16.9 Å². The van der Waals surface area contributed by atoms with Crippen LogP contribution in [0, 0.1) is 13.8 Å². The fourth-order valence-electron chi connectivity index (χ4n) is 1.64. The summed E-state index contributed by atoms with van der Waals surface area (Å²) in [5.41, 5.74) is 3.33. The predicted octanol–water partition coefficient (Wildman–Crippen LogP) is 3.10. The molecule has 1 N–H and O–H groups in total. The molecule has 2 aromatic rings. The SMILES string of the molecule is Cc1ccc(Cl)cc1-c1noc(C)c1CO. The summed E-state index contributed by atoms with van der Waals surface area (Å²) in [7, 11) is 0. The molecule has 0 bridgehead atoms. The van der Waals surface area contributed by atoms with Crippen LogP contribution < -0.4 is 0 Å². The molecule has 0 radical (unpaired) electrons. The molecule has 0 aliphatic carbocycles. The number of aryl methyl sites for hydroxylation is 2. The normalized spacial score (nSPS) is 10.8. The number of halogens is 1. The highest BCUT2D eigenvalue weighted by molar-refractivity contribution is 6.30. The monoisotopic (exact) mass is 237 g/mol. The Morgan fingerprint density at radius 3 is 2.81 bits per heavy atom. The Balaban J connectivity index is 2.62. The molecule has 0 aliphatic rings. The number of rotatable bonds is 2. The fraction of sp³-hybridized carbons (Fsp3) is 0.250. The fourth-order valence-corrected chi connectivity index (χ4v) is 1.81. The van der Waals surface area contributed by atoms with Gasteiger partial charge in [-0.3, -0.25) is 0 Å². The van der Waals surface area contributed by atoms with Crippen LogP contribution >= 0.6 is 11.6 Å². The van der Waals surface area contributed by atoms with Crippen LogP contribution in [-0.2, 0) is 6.61 Å². The number of aromatic nitrogens is 1. The minimum Gasteiger partial charge on any atom is -0.391 e. The minimum absolute atomic E-state index is 0.0867. The highest BCUT2D eigenvalue weighted by Crippen LogP contribution is 2.29. The van der Waals surface area contributed by atoms with E-state index < -0.39 is 0 Å². The summed E-state index contributed by atoms with van der Waals surface area (Å²) in [5.74, 6) is 0.636. The molecule has 1 aromatic carbocycles. The van der Waals surface area contributed by atoms with Gasteiger partial charge in [-0.25, -0.2) is 0 Å². The van der Waals surface area contributed by atoms with Crippen molar-refractivity contribution in [2.45, 2.75) is 20.5 Å². The van der Waals surface area contributed by atoms with E-state index in [9.17, 15) is 5.11 Å². The highest BCUT2D eigenvalue weighted by atomic mass is 35.5. The van der Waals surface area contributed by atoms with Gasteiger partial charge in [-0.05, 0) is 31.5 Å². The number of benzene rings is 1. The van der Waals surface area contributed by atoms with Crippen LogP contribution in [0.4, 0.5) is 0 Å². The van der Waals surface area contributed by atoms with Gasteiger partial charge in [0.1, 0.15) is 11.5 Å². The Labute approximate surface area is 98.6 Å². The maximum absolute atomic E-state index is 9.28. The average Bonchev–Trinajstić information content (AvgIpc) is 2.63. The van der Waals surface area contributed by atoms with Crippen molar-refractivity contribution in [3.05, 3.63) is 40.1 Å². The third kappa shape index (κ3) is 1.84. The number of nitrogens with zero attached hydrogens (tertiary/aromatic N) is 1. The second kappa shape index (κ2) is 4.28. The van der Waals surface area contributed by atoms with Crippen LogP contribution in [0.25, 0.3) is 11.3 Å². The van der Waals surface area contributed by atoms with Crippen LogP contribution in [0.2, 0.25) is 5.02 Å². The molecule has 0 unspecified atom stereocenters. The van der Waals surface area contributed by atoms with Crippen molar-refractivity contribution in [3.8, 4) is 11.3 Å². The average molecular weight is 238 g/mol. The number of aliphatic hydroxyl groups excluding tert-OH is 1. The van der Waals surface area contributed by atoms with Crippen molar-refractivity contribution in [2.24, 2.45) is 0 Å². The van der Waals surface area contributed by atoms with E-state index in [4.69, 9.17) is 16.1 Å². The Morgan fingerprint density at radius 2 is 2.12 bits per heavy atom. The lowest BCUT2D eigenvalue weighted by Gasteiger charge is -2.04. The summed E-state index contributed by atoms with van der Waals surface area (Å²) in [4.78, 5) is 0. The van der Waals surface area contributed by atoms with Gasteiger partial charge >= 0.3 is 0 Å². The molecule has 2 rings (SSSR count). The van der Waals surface area contributed by atoms with E-state index in [0.717, 1.165) is 11.1 Å². The lowest BCUT2D eigenvalue weighted by Crippen LogP contribution is -1.90. The van der Waals surface area contributed by atoms with Crippen molar-refractivity contribution in [2.75, 3.05) is 0 Å². The first-order chi connectivity index (χ1) is 7.63. The van der Waals surface area contributed by atoms with Gasteiger partial charge in [-0.15, -0.1) is 0 Å². The largest absolute Gasteiger partial charge is 0.391 e. The van der Waals surface area contributed by atoms with E-state index >= 15 is 0 Å². The smallest absolute Gasteiger partial charge is 0.139 e. The summed E-state index contributed by atoms with van der Waals surface area (Å²) < 4.78 is 5.08. The molecule has 1 heterocycles. The highest BCUT2D eigenvalue weighted by Gasteiger charge is 2.15. The minimum atomic E-state index is -0.0867. The number of hydrogen-bond acceptors (Lipinski definition) is 3. The Morgan fingerprint density at radius 1 is 1.38 bits per heavy atom. The third-order valence-corrected chi connectivity index (χ3v) is 2.83. The van der Waals surface area contributed by atoms with Gasteiger partial charge in [0, 0.05) is 16.1 Å². The first kappa shape index (κ1) is 11.2. The molecule has 0 atom stereocenters. The Kier molecular flexibility index (Phi) is 2.99. The molecule has 84 valence electrons. The van der Waals surface area contributed by atoms with E-state index in [-0.39, 0.29) is 6.61 Å². The second-order valence-electron chi connectivity index (χ2n) is 3.68. The van der Waals surface area contributed by atoms with Crippen molar-refractivity contribution < 1.29 is 9.63 Å². The van der Waals surface area contributed by atoms with Crippen molar-refractivity contribution in [1.29, 1.82) is 0 Å². The third-order valence-electron chi connectivity index (χ3n) is 2.60. The standard InChI is InChI=1S/C12H12ClNO2/c1-7-3-4-9(13)5-10(7)12-11(6-15)8(2)16-14-12/h3-5,15H,6H2,1-2H3. The van der Waals surface area contributed by atoms with E-state index in [0.29, 0.717) is 22.0 Å². The molecule has 0 amide bonds. The van der Waals surface area contributed by atoms with E-state index in [1.54, 1.807) is 6.92 Å². The summed E-state index contributed by atoms with van der Waals surface area (Å²) in [5, 5.41) is 13.9. The Bertz CT molecular complexity index is 520. The van der Waals surface area contributed by atoms with Gasteiger partial charge in [0.15, 0.2) is 0 Å². The molecule has 4 heteroatoms. The van der Waals surface area contributed by atoms with Crippen molar-refractivity contribution in [1.82, 2.24) is 5.16 Å². The number of hydrogen-bond donors (Lipinski definition) is 1. The second-order valence-corrected chi connectivity index (χ2v) is 4.12. The van der Waals surface area contributed by atoms with Gasteiger partial charge in [0.25, 0.3) is 0 Å². The molecule has 1 aromatic heterocycles. The van der Waals surface area contributed by atoms with Gasteiger partial charge in [-0.1, -0.05) is 22.8 Å². The van der Waals surface area contributed by atoms with Crippen molar-refractivity contribution >= 4 is 11.6 Å². The van der Waals surface area contributed by atoms with Crippen LogP contribution in [0.3, 0.4) is 0 Å². The summed E-state index contributed by atoms with van der Waals surface area (Å²) in [6.45, 7) is 3.66. The Hall–Kier alpha value is -1.32. The maximum atomic E-state index is 9.28. The quantitative estimate of drug-likeness (QED) is 0.873. The molecule has 0 saturated carbocycles. The molecule has 0 spiro atoms. The molecule has 16 heavy (non-hydrogen) atoms. The van der Waals surface area contributed by atoms with Crippen LogP contribution in [0.5, 0.6) is 0 Å². The van der Waals surface area contributed by atoms with E-state index in [1.807, 2.05) is 25.1 Å². The van der Waals surface area contributed by atoms with Crippen molar-refractivity contribution in [3.63, 3.8) is 0 Å². The summed E-state index contributed by atoms with van der Waals surface area (Å²) >= 11 is 5.95. The van der Waals surface area contributed by atoms with Gasteiger partial charge in [0.05, 0.1) is 6.61 Å². The molecule has 0 aliphatic heterocycles. The van der Waals surface area contributed by atoms with E-state index in [2.05, 4.69) is 5.16 Å². The van der Waals surface area contributed by atoms with Gasteiger partial charge < -0.3 is 9.63 Å². The molecular weight excluding hydrogens is 226 g/mol. The molecule has 0 fully saturated rings. The lowest BCUT2D eigenvalue weighted by molar-refractivity contribution is 0.278. The molecular formula is C12H12ClNO2. The zero-order valence-electron chi connectivity index (χ0n) is 9.12. The van der Waals surface area contributed by atoms with Gasteiger partial charge in [-0.2, -0.15) is 0 Å². The van der Waals surface area contributed by atoms with Crippen LogP contribution in [-0.4, -0.2) is 10.3 Å². The predicted molar refractivity (Wildman–Crippen MR) is 62.3 cm³/mol. The zero-order valence-corrected chi connectivity index (χ0v) is 9.88. The van der Waals surface area contributed by atoms with E-state index in [1.165, 1.54) is 0 Å². The number of aliphatic hydroxyl groups is 1. The topological polar surface area (TPSA) is 46.3 Å². The van der Waals surface area contributed by atoms with Crippen LogP contribution in [0.15, 0.2) is 22.7 Å². The summed E-state index contributed by atoms with van der Waals surface area (Å²) in [6.07, 6.45) is 0.